The summed E-state index contributed by atoms with van der Waals surface area (Å²) in [5.74, 6) is 2.01. The summed E-state index contributed by atoms with van der Waals surface area (Å²) in [6, 6.07) is 15.6. The summed E-state index contributed by atoms with van der Waals surface area (Å²) in [7, 11) is 1.58. The highest BCUT2D eigenvalue weighted by atomic mass is 32.2. The third-order valence-electron chi connectivity index (χ3n) is 4.59. The molecule has 1 heterocycles. The van der Waals surface area contributed by atoms with Crippen molar-refractivity contribution in [2.75, 3.05) is 30.8 Å². The van der Waals surface area contributed by atoms with Gasteiger partial charge in [-0.2, -0.15) is 9.97 Å². The van der Waals surface area contributed by atoms with E-state index in [1.807, 2.05) is 51.1 Å². The van der Waals surface area contributed by atoms with E-state index in [1.54, 1.807) is 13.2 Å². The molecule has 0 spiro atoms. The summed E-state index contributed by atoms with van der Waals surface area (Å²) in [4.78, 5) is 9.64. The Labute approximate surface area is 205 Å². The molecule has 0 fully saturated rings. The molecule has 182 valence electrons. The van der Waals surface area contributed by atoms with Crippen molar-refractivity contribution in [3.63, 3.8) is 0 Å². The van der Waals surface area contributed by atoms with E-state index in [0.29, 0.717) is 29.7 Å². The molecule has 0 saturated heterocycles. The van der Waals surface area contributed by atoms with Gasteiger partial charge in [0.25, 0.3) is 5.88 Å². The summed E-state index contributed by atoms with van der Waals surface area (Å²) in [6.07, 6.45) is 0.983. The second-order valence-electron chi connectivity index (χ2n) is 8.33. The Morgan fingerprint density at radius 3 is 2.32 bits per heavy atom. The van der Waals surface area contributed by atoms with Gasteiger partial charge in [-0.1, -0.05) is 31.2 Å². The topological polar surface area (TPSA) is 101 Å². The zero-order valence-corrected chi connectivity index (χ0v) is 21.1. The zero-order valence-electron chi connectivity index (χ0n) is 20.3. The molecule has 9 heteroatoms. The Morgan fingerprint density at radius 2 is 1.68 bits per heavy atom. The number of nitrogens with one attached hydrogen (secondary N) is 1. The first-order chi connectivity index (χ1) is 16.3. The van der Waals surface area contributed by atoms with Crippen LogP contribution >= 0.6 is 11.9 Å². The zero-order chi connectivity index (χ0) is 24.6. The Morgan fingerprint density at radius 1 is 0.971 bits per heavy atom. The van der Waals surface area contributed by atoms with Gasteiger partial charge in [0.15, 0.2) is 17.3 Å². The van der Waals surface area contributed by atoms with E-state index >= 15 is 0 Å². The molecular weight excluding hydrogens is 452 g/mol. The number of rotatable bonds is 11. The van der Waals surface area contributed by atoms with Gasteiger partial charge in [-0.15, -0.1) is 0 Å². The maximum absolute atomic E-state index is 6.19. The molecule has 0 amide bonds. The van der Waals surface area contributed by atoms with Crippen molar-refractivity contribution in [3.8, 4) is 23.1 Å². The van der Waals surface area contributed by atoms with Crippen LogP contribution in [0.25, 0.3) is 0 Å². The quantitative estimate of drug-likeness (QED) is 0.261. The summed E-state index contributed by atoms with van der Waals surface area (Å²) >= 11 is 1.39. The van der Waals surface area contributed by atoms with Crippen molar-refractivity contribution in [1.29, 1.82) is 0 Å². The van der Waals surface area contributed by atoms with Crippen LogP contribution in [0, 0.1) is 0 Å². The molecule has 0 bridgehead atoms. The van der Waals surface area contributed by atoms with Crippen LogP contribution in [0.2, 0.25) is 0 Å². The van der Waals surface area contributed by atoms with Crippen LogP contribution < -0.4 is 24.7 Å². The minimum absolute atomic E-state index is 0.0588. The lowest BCUT2D eigenvalue weighted by Crippen LogP contribution is -2.22. The number of benzene rings is 2. The molecule has 3 aromatic rings. The van der Waals surface area contributed by atoms with E-state index in [9.17, 15) is 0 Å². The standard InChI is InChI=1S/C25H32N4O4S/c1-6-17-11-13-18(14-12-17)34-29-22-21(33-20-10-8-7-9-19(20)30-5)23(28-24(26)27-22)31-15-16-32-25(2,3)4/h7-14H,6,15-16H2,1-5H3,(H3,26,27,28,29). The molecule has 2 aromatic carbocycles. The largest absolute Gasteiger partial charge is 0.493 e. The van der Waals surface area contributed by atoms with E-state index < -0.39 is 0 Å². The predicted octanol–water partition coefficient (Wildman–Crippen LogP) is 5.74. The lowest BCUT2D eigenvalue weighted by atomic mass is 10.2. The second kappa shape index (κ2) is 11.8. The highest BCUT2D eigenvalue weighted by molar-refractivity contribution is 8.00. The van der Waals surface area contributed by atoms with E-state index in [2.05, 4.69) is 33.7 Å². The number of nitrogen functional groups attached to an aromatic ring is 1. The summed E-state index contributed by atoms with van der Waals surface area (Å²) in [5, 5.41) is 0. The third kappa shape index (κ3) is 7.43. The predicted molar refractivity (Wildman–Crippen MR) is 136 cm³/mol. The molecule has 8 nitrogen and oxygen atoms in total. The molecule has 0 aliphatic rings. The van der Waals surface area contributed by atoms with Crippen molar-refractivity contribution in [1.82, 2.24) is 9.97 Å². The number of anilines is 2. The Balaban J connectivity index is 1.87. The molecule has 1 aromatic heterocycles. The lowest BCUT2D eigenvalue weighted by Gasteiger charge is -2.20. The average molecular weight is 485 g/mol. The third-order valence-corrected chi connectivity index (χ3v) is 5.39. The maximum Gasteiger partial charge on any atom is 0.265 e. The minimum atomic E-state index is -0.276. The Hall–Kier alpha value is -3.17. The molecule has 0 atom stereocenters. The molecule has 0 unspecified atom stereocenters. The molecule has 3 rings (SSSR count). The van der Waals surface area contributed by atoms with Crippen LogP contribution in [-0.4, -0.2) is 35.9 Å². The van der Waals surface area contributed by atoms with Gasteiger partial charge >= 0.3 is 0 Å². The number of nitrogens with zero attached hydrogens (tertiary/aromatic N) is 2. The van der Waals surface area contributed by atoms with Gasteiger partial charge in [0.05, 0.1) is 19.3 Å². The van der Waals surface area contributed by atoms with Crippen molar-refractivity contribution in [3.05, 3.63) is 54.1 Å². The highest BCUT2D eigenvalue weighted by Gasteiger charge is 2.20. The van der Waals surface area contributed by atoms with Gasteiger partial charge in [-0.25, -0.2) is 0 Å². The fourth-order valence-corrected chi connectivity index (χ4v) is 3.53. The van der Waals surface area contributed by atoms with Gasteiger partial charge in [0.2, 0.25) is 11.7 Å². The van der Waals surface area contributed by atoms with Gasteiger partial charge in [-0.3, -0.25) is 0 Å². The number of aromatic nitrogens is 2. The summed E-state index contributed by atoms with van der Waals surface area (Å²) in [5.41, 5.74) is 6.99. The fourth-order valence-electron chi connectivity index (χ4n) is 2.91. The van der Waals surface area contributed by atoms with Crippen LogP contribution in [0.3, 0.4) is 0 Å². The SMILES string of the molecule is CCc1ccc(SNc2nc(N)nc(OCCOC(C)(C)C)c2Oc2ccccc2OC)cc1. The summed E-state index contributed by atoms with van der Waals surface area (Å²) in [6.45, 7) is 8.72. The first kappa shape index (κ1) is 25.5. The highest BCUT2D eigenvalue weighted by Crippen LogP contribution is 2.41. The number of hydrogen-bond acceptors (Lipinski definition) is 9. The van der Waals surface area contributed by atoms with Gasteiger partial charge in [-0.05, 0) is 69.0 Å². The van der Waals surface area contributed by atoms with E-state index in [4.69, 9.17) is 24.7 Å². The Kier molecular flexibility index (Phi) is 8.84. The first-order valence-corrected chi connectivity index (χ1v) is 11.9. The first-order valence-electron chi connectivity index (χ1n) is 11.1. The molecule has 0 saturated carbocycles. The van der Waals surface area contributed by atoms with Crippen LogP contribution in [0.1, 0.15) is 33.3 Å². The molecule has 0 aliphatic heterocycles. The maximum atomic E-state index is 6.19. The van der Waals surface area contributed by atoms with E-state index in [0.717, 1.165) is 11.3 Å². The monoisotopic (exact) mass is 484 g/mol. The number of hydrogen-bond donors (Lipinski definition) is 2. The molecule has 34 heavy (non-hydrogen) atoms. The minimum Gasteiger partial charge on any atom is -0.493 e. The number of para-hydroxylation sites is 2. The van der Waals surface area contributed by atoms with Crippen molar-refractivity contribution in [2.45, 2.75) is 44.6 Å². The molecule has 0 radical (unpaired) electrons. The van der Waals surface area contributed by atoms with E-state index in [-0.39, 0.29) is 24.0 Å². The van der Waals surface area contributed by atoms with Crippen LogP contribution in [0.4, 0.5) is 11.8 Å². The molecular formula is C25H32N4O4S. The average Bonchev–Trinajstić information content (AvgIpc) is 2.82. The normalized spacial score (nSPS) is 11.2. The fraction of sp³-hybridized carbons (Fsp3) is 0.360. The lowest BCUT2D eigenvalue weighted by molar-refractivity contribution is -0.0170. The van der Waals surface area contributed by atoms with Crippen LogP contribution in [0.5, 0.6) is 23.1 Å². The number of aryl methyl sites for hydroxylation is 1. The van der Waals surface area contributed by atoms with E-state index in [1.165, 1.54) is 17.5 Å². The molecule has 0 aliphatic carbocycles. The van der Waals surface area contributed by atoms with Crippen LogP contribution in [-0.2, 0) is 11.2 Å². The van der Waals surface area contributed by atoms with Crippen molar-refractivity contribution >= 4 is 23.7 Å². The molecule has 3 N–H and O–H groups in total. The van der Waals surface area contributed by atoms with Gasteiger partial charge < -0.3 is 29.4 Å². The number of methoxy groups -OCH3 is 1. The van der Waals surface area contributed by atoms with Crippen molar-refractivity contribution < 1.29 is 18.9 Å². The van der Waals surface area contributed by atoms with Crippen LogP contribution in [0.15, 0.2) is 53.4 Å². The van der Waals surface area contributed by atoms with Gasteiger partial charge in [0.1, 0.15) is 6.61 Å². The van der Waals surface area contributed by atoms with Crippen molar-refractivity contribution in [2.24, 2.45) is 0 Å². The Bertz CT molecular complexity index is 1070. The second-order valence-corrected chi connectivity index (χ2v) is 9.21. The smallest absolute Gasteiger partial charge is 0.265 e. The number of ether oxygens (including phenoxy) is 4. The number of nitrogens with two attached hydrogens (primary N) is 1. The van der Waals surface area contributed by atoms with Gasteiger partial charge in [0, 0.05) is 4.90 Å². The summed E-state index contributed by atoms with van der Waals surface area (Å²) < 4.78 is 26.5.